The lowest BCUT2D eigenvalue weighted by molar-refractivity contribution is 0.627. The highest BCUT2D eigenvalue weighted by Gasteiger charge is 2.15. The molecule has 0 aliphatic rings. The third kappa shape index (κ3) is 2.94. The van der Waals surface area contributed by atoms with Gasteiger partial charge in [0.15, 0.2) is 5.82 Å². The number of halogens is 2. The molecule has 1 aromatic heterocycles. The number of nitrogens with two attached hydrogens (primary N) is 1. The Morgan fingerprint density at radius 3 is 2.45 bits per heavy atom. The fraction of sp³-hybridized carbons (Fsp3) is 0.0667. The minimum absolute atomic E-state index is 0.264. The van der Waals surface area contributed by atoms with E-state index in [1.807, 2.05) is 0 Å². The number of hydrogen-bond acceptors (Lipinski definition) is 4. The molecular weight excluding hydrogens is 306 g/mol. The van der Waals surface area contributed by atoms with Gasteiger partial charge in [-0.1, -0.05) is 36.0 Å². The Morgan fingerprint density at radius 1 is 1.00 bits per heavy atom. The van der Waals surface area contributed by atoms with Crippen LogP contribution in [0.3, 0.4) is 0 Å². The zero-order chi connectivity index (χ0) is 15.5. The molecule has 0 unspecified atom stereocenters. The van der Waals surface area contributed by atoms with Crippen molar-refractivity contribution in [3.8, 4) is 11.4 Å². The number of rotatable bonds is 4. The first kappa shape index (κ1) is 14.5. The first-order chi connectivity index (χ1) is 10.6. The molecule has 2 aromatic carbocycles. The standard InChI is InChI=1S/C15H12F2N4S/c16-11-7-5-10(6-8-11)9-22-15-20-19-14(21(15)18)12-3-1-2-4-13(12)17/h1-8H,9,18H2. The summed E-state index contributed by atoms with van der Waals surface area (Å²) in [6.45, 7) is 0. The van der Waals surface area contributed by atoms with Gasteiger partial charge in [-0.05, 0) is 29.8 Å². The summed E-state index contributed by atoms with van der Waals surface area (Å²) < 4.78 is 27.9. The van der Waals surface area contributed by atoms with Crippen molar-refractivity contribution in [2.45, 2.75) is 10.9 Å². The third-order valence-corrected chi connectivity index (χ3v) is 4.07. The van der Waals surface area contributed by atoms with E-state index in [1.165, 1.54) is 34.6 Å². The van der Waals surface area contributed by atoms with Crippen molar-refractivity contribution in [3.63, 3.8) is 0 Å². The lowest BCUT2D eigenvalue weighted by atomic mass is 10.2. The molecule has 0 atom stereocenters. The van der Waals surface area contributed by atoms with Crippen molar-refractivity contribution < 1.29 is 8.78 Å². The van der Waals surface area contributed by atoms with E-state index in [4.69, 9.17) is 5.84 Å². The molecule has 0 aliphatic carbocycles. The van der Waals surface area contributed by atoms with Gasteiger partial charge in [-0.15, -0.1) is 10.2 Å². The molecule has 4 nitrogen and oxygen atoms in total. The monoisotopic (exact) mass is 318 g/mol. The van der Waals surface area contributed by atoms with Gasteiger partial charge in [0.2, 0.25) is 5.16 Å². The highest BCUT2D eigenvalue weighted by molar-refractivity contribution is 7.98. The van der Waals surface area contributed by atoms with Crippen molar-refractivity contribution in [2.75, 3.05) is 5.84 Å². The fourth-order valence-electron chi connectivity index (χ4n) is 1.93. The topological polar surface area (TPSA) is 56.7 Å². The van der Waals surface area contributed by atoms with E-state index in [1.54, 1.807) is 30.3 Å². The lowest BCUT2D eigenvalue weighted by Gasteiger charge is -2.04. The second-order valence-electron chi connectivity index (χ2n) is 4.57. The van der Waals surface area contributed by atoms with Crippen LogP contribution in [-0.4, -0.2) is 14.9 Å². The van der Waals surface area contributed by atoms with Crippen molar-refractivity contribution >= 4 is 11.8 Å². The molecule has 112 valence electrons. The molecule has 7 heteroatoms. The number of aromatic nitrogens is 3. The quantitative estimate of drug-likeness (QED) is 0.593. The Morgan fingerprint density at radius 2 is 1.73 bits per heavy atom. The molecule has 22 heavy (non-hydrogen) atoms. The summed E-state index contributed by atoms with van der Waals surface area (Å²) in [5, 5.41) is 8.38. The maximum Gasteiger partial charge on any atom is 0.210 e. The summed E-state index contributed by atoms with van der Waals surface area (Å²) in [5.74, 6) is 6.08. The normalized spacial score (nSPS) is 10.8. The molecule has 3 aromatic rings. The van der Waals surface area contributed by atoms with Gasteiger partial charge < -0.3 is 5.84 Å². The molecule has 3 rings (SSSR count). The van der Waals surface area contributed by atoms with E-state index < -0.39 is 5.82 Å². The van der Waals surface area contributed by atoms with Crippen LogP contribution in [0.2, 0.25) is 0 Å². The van der Waals surface area contributed by atoms with Crippen molar-refractivity contribution in [1.29, 1.82) is 0 Å². The summed E-state index contributed by atoms with van der Waals surface area (Å²) >= 11 is 1.35. The van der Waals surface area contributed by atoms with E-state index in [2.05, 4.69) is 10.2 Å². The van der Waals surface area contributed by atoms with Crippen LogP contribution in [0.5, 0.6) is 0 Å². The molecule has 0 amide bonds. The Labute approximate surface area is 130 Å². The number of thioether (sulfide) groups is 1. The Hall–Kier alpha value is -2.41. The van der Waals surface area contributed by atoms with Crippen molar-refractivity contribution in [3.05, 3.63) is 65.7 Å². The van der Waals surface area contributed by atoms with E-state index in [0.717, 1.165) is 5.56 Å². The van der Waals surface area contributed by atoms with Gasteiger partial charge >= 0.3 is 0 Å². The first-order valence-electron chi connectivity index (χ1n) is 6.48. The average molecular weight is 318 g/mol. The van der Waals surface area contributed by atoms with Gasteiger partial charge in [0.25, 0.3) is 0 Å². The average Bonchev–Trinajstić information content (AvgIpc) is 2.88. The van der Waals surface area contributed by atoms with Crippen LogP contribution < -0.4 is 5.84 Å². The van der Waals surface area contributed by atoms with E-state index in [0.29, 0.717) is 16.5 Å². The summed E-state index contributed by atoms with van der Waals surface area (Å²) in [6, 6.07) is 12.4. The maximum absolute atomic E-state index is 13.8. The number of nitrogen functional groups attached to an aromatic ring is 1. The summed E-state index contributed by atoms with van der Waals surface area (Å²) in [5.41, 5.74) is 1.23. The van der Waals surface area contributed by atoms with Crippen LogP contribution in [0.25, 0.3) is 11.4 Å². The number of nitrogens with zero attached hydrogens (tertiary/aromatic N) is 3. The van der Waals surface area contributed by atoms with E-state index in [9.17, 15) is 8.78 Å². The molecule has 0 aliphatic heterocycles. The zero-order valence-electron chi connectivity index (χ0n) is 11.4. The lowest BCUT2D eigenvalue weighted by Crippen LogP contribution is -2.12. The molecule has 0 fully saturated rings. The Kier molecular flexibility index (Phi) is 4.06. The zero-order valence-corrected chi connectivity index (χ0v) is 12.2. The van der Waals surface area contributed by atoms with Gasteiger partial charge in [0.1, 0.15) is 11.6 Å². The van der Waals surface area contributed by atoms with Gasteiger partial charge in [-0.3, -0.25) is 0 Å². The molecule has 1 heterocycles. The molecule has 0 radical (unpaired) electrons. The first-order valence-corrected chi connectivity index (χ1v) is 7.46. The van der Waals surface area contributed by atoms with Crippen LogP contribution >= 0.6 is 11.8 Å². The van der Waals surface area contributed by atoms with Gasteiger partial charge in [-0.2, -0.15) is 0 Å². The summed E-state index contributed by atoms with van der Waals surface area (Å²) in [7, 11) is 0. The SMILES string of the molecule is Nn1c(SCc2ccc(F)cc2)nnc1-c1ccccc1F. The van der Waals surface area contributed by atoms with Crippen LogP contribution in [0, 0.1) is 11.6 Å². The smallest absolute Gasteiger partial charge is 0.210 e. The predicted molar refractivity (Wildman–Crippen MR) is 81.5 cm³/mol. The van der Waals surface area contributed by atoms with Crippen LogP contribution in [0.15, 0.2) is 53.7 Å². The minimum atomic E-state index is -0.406. The molecule has 0 spiro atoms. The molecule has 0 saturated carbocycles. The Balaban J connectivity index is 1.79. The second-order valence-corrected chi connectivity index (χ2v) is 5.51. The summed E-state index contributed by atoms with van der Waals surface area (Å²) in [4.78, 5) is 0. The van der Waals surface area contributed by atoms with Crippen LogP contribution in [0.4, 0.5) is 8.78 Å². The third-order valence-electron chi connectivity index (χ3n) is 3.06. The van der Waals surface area contributed by atoms with Gasteiger partial charge in [0, 0.05) is 5.75 Å². The number of benzene rings is 2. The molecular formula is C15H12F2N4S. The fourth-order valence-corrected chi connectivity index (χ4v) is 2.74. The van der Waals surface area contributed by atoms with Gasteiger partial charge in [-0.25, -0.2) is 13.5 Å². The highest BCUT2D eigenvalue weighted by atomic mass is 32.2. The largest absolute Gasteiger partial charge is 0.335 e. The van der Waals surface area contributed by atoms with Crippen LogP contribution in [0.1, 0.15) is 5.56 Å². The van der Waals surface area contributed by atoms with E-state index in [-0.39, 0.29) is 11.6 Å². The molecule has 0 bridgehead atoms. The minimum Gasteiger partial charge on any atom is -0.335 e. The van der Waals surface area contributed by atoms with E-state index >= 15 is 0 Å². The maximum atomic E-state index is 13.8. The predicted octanol–water partition coefficient (Wildman–Crippen LogP) is 3.23. The molecule has 0 saturated heterocycles. The van der Waals surface area contributed by atoms with Gasteiger partial charge in [0.05, 0.1) is 5.56 Å². The summed E-state index contributed by atoms with van der Waals surface area (Å²) in [6.07, 6.45) is 0. The number of hydrogen-bond donors (Lipinski definition) is 1. The van der Waals surface area contributed by atoms with Crippen molar-refractivity contribution in [1.82, 2.24) is 14.9 Å². The van der Waals surface area contributed by atoms with Crippen LogP contribution in [-0.2, 0) is 5.75 Å². The molecule has 2 N–H and O–H groups in total. The Bertz CT molecular complexity index is 786. The highest BCUT2D eigenvalue weighted by Crippen LogP contribution is 2.25. The van der Waals surface area contributed by atoms with Crippen molar-refractivity contribution in [2.24, 2.45) is 0 Å². The second kappa shape index (κ2) is 6.15.